The molecular formula is C6H12ClNO2S. The van der Waals surface area contributed by atoms with Crippen molar-refractivity contribution >= 4 is 30.4 Å². The van der Waals surface area contributed by atoms with Crippen LogP contribution in [0.25, 0.3) is 0 Å². The second kappa shape index (κ2) is 4.18. The number of rotatable bonds is 3. The van der Waals surface area contributed by atoms with Crippen molar-refractivity contribution in [2.24, 2.45) is 0 Å². The molecule has 0 aromatic rings. The molecule has 1 N–H and O–H groups in total. The first kappa shape index (κ1) is 11.1. The standard InChI is InChI=1S/C6H12ClNO2S/c1-6(2,11)4(8-7)5(9)10-3/h4,8,11H,1-3H3. The van der Waals surface area contributed by atoms with Crippen molar-refractivity contribution in [3.8, 4) is 0 Å². The van der Waals surface area contributed by atoms with E-state index in [0.29, 0.717) is 0 Å². The lowest BCUT2D eigenvalue weighted by Crippen LogP contribution is -2.46. The van der Waals surface area contributed by atoms with Gasteiger partial charge < -0.3 is 4.74 Å². The molecule has 0 spiro atoms. The average molecular weight is 198 g/mol. The maximum atomic E-state index is 11.0. The monoisotopic (exact) mass is 197 g/mol. The van der Waals surface area contributed by atoms with Crippen LogP contribution in [-0.4, -0.2) is 23.9 Å². The topological polar surface area (TPSA) is 38.3 Å². The highest BCUT2D eigenvalue weighted by Gasteiger charge is 2.32. The van der Waals surface area contributed by atoms with E-state index in [1.165, 1.54) is 7.11 Å². The van der Waals surface area contributed by atoms with Crippen molar-refractivity contribution in [2.45, 2.75) is 24.6 Å². The highest BCUT2D eigenvalue weighted by molar-refractivity contribution is 7.81. The lowest BCUT2D eigenvalue weighted by atomic mass is 10.1. The summed E-state index contributed by atoms with van der Waals surface area (Å²) >= 11 is 9.50. The summed E-state index contributed by atoms with van der Waals surface area (Å²) in [4.78, 5) is 13.3. The molecule has 0 radical (unpaired) electrons. The fraction of sp³-hybridized carbons (Fsp3) is 0.833. The molecule has 0 aliphatic heterocycles. The van der Waals surface area contributed by atoms with Gasteiger partial charge in [-0.1, -0.05) is 0 Å². The van der Waals surface area contributed by atoms with E-state index in [9.17, 15) is 4.79 Å². The number of methoxy groups -OCH3 is 1. The van der Waals surface area contributed by atoms with E-state index in [1.807, 2.05) is 0 Å². The number of thiol groups is 1. The van der Waals surface area contributed by atoms with Crippen LogP contribution in [0.5, 0.6) is 0 Å². The summed E-state index contributed by atoms with van der Waals surface area (Å²) in [7, 11) is 1.31. The molecule has 66 valence electrons. The van der Waals surface area contributed by atoms with E-state index in [-0.39, 0.29) is 0 Å². The molecule has 0 heterocycles. The summed E-state index contributed by atoms with van der Waals surface area (Å²) < 4.78 is 3.96. The number of hydrogen-bond donors (Lipinski definition) is 2. The maximum absolute atomic E-state index is 11.0. The Bertz CT molecular complexity index is 146. The smallest absolute Gasteiger partial charge is 0.325 e. The lowest BCUT2D eigenvalue weighted by Gasteiger charge is -2.25. The second-order valence-corrected chi connectivity index (χ2v) is 4.09. The highest BCUT2D eigenvalue weighted by Crippen LogP contribution is 2.18. The number of esters is 1. The Balaban J connectivity index is 4.29. The van der Waals surface area contributed by atoms with Crippen molar-refractivity contribution in [1.82, 2.24) is 4.84 Å². The van der Waals surface area contributed by atoms with Gasteiger partial charge >= 0.3 is 5.97 Å². The van der Waals surface area contributed by atoms with Gasteiger partial charge in [-0.2, -0.15) is 12.6 Å². The van der Waals surface area contributed by atoms with Crippen molar-refractivity contribution in [3.05, 3.63) is 0 Å². The number of hydrogen-bond acceptors (Lipinski definition) is 4. The molecule has 0 aliphatic rings. The predicted octanol–water partition coefficient (Wildman–Crippen LogP) is 0.980. The summed E-state index contributed by atoms with van der Waals surface area (Å²) in [5.41, 5.74) is 0. The quantitative estimate of drug-likeness (QED) is 0.403. The Morgan fingerprint density at radius 1 is 1.73 bits per heavy atom. The van der Waals surface area contributed by atoms with Crippen LogP contribution in [0, 0.1) is 0 Å². The first-order chi connectivity index (χ1) is 4.93. The molecule has 0 aromatic carbocycles. The van der Waals surface area contributed by atoms with E-state index in [4.69, 9.17) is 11.8 Å². The summed E-state index contributed by atoms with van der Waals surface area (Å²) in [6.45, 7) is 3.54. The Hall–Kier alpha value is 0.0700. The summed E-state index contributed by atoms with van der Waals surface area (Å²) in [6, 6.07) is -0.600. The van der Waals surface area contributed by atoms with Crippen LogP contribution in [-0.2, 0) is 9.53 Å². The van der Waals surface area contributed by atoms with Crippen LogP contribution in [0.4, 0.5) is 0 Å². The molecule has 11 heavy (non-hydrogen) atoms. The molecule has 0 aliphatic carbocycles. The fourth-order valence-electron chi connectivity index (χ4n) is 0.584. The Labute approximate surface area is 77.0 Å². The van der Waals surface area contributed by atoms with Crippen molar-refractivity contribution in [1.29, 1.82) is 0 Å². The van der Waals surface area contributed by atoms with Gasteiger partial charge in [0.15, 0.2) is 0 Å². The largest absolute Gasteiger partial charge is 0.468 e. The normalized spacial score (nSPS) is 14.3. The highest BCUT2D eigenvalue weighted by atomic mass is 35.5. The molecule has 0 aromatic heterocycles. The van der Waals surface area contributed by atoms with Gasteiger partial charge in [0.05, 0.1) is 7.11 Å². The van der Waals surface area contributed by atoms with E-state index in [1.54, 1.807) is 13.8 Å². The van der Waals surface area contributed by atoms with Gasteiger partial charge in [0.25, 0.3) is 0 Å². The Morgan fingerprint density at radius 3 is 2.27 bits per heavy atom. The third-order valence-electron chi connectivity index (χ3n) is 1.25. The minimum atomic E-state index is -0.600. The molecule has 1 unspecified atom stereocenters. The molecule has 0 amide bonds. The maximum Gasteiger partial charge on any atom is 0.325 e. The number of carbonyl (C=O) groups is 1. The predicted molar refractivity (Wildman–Crippen MR) is 47.9 cm³/mol. The van der Waals surface area contributed by atoms with Gasteiger partial charge in [-0.05, 0) is 25.6 Å². The van der Waals surface area contributed by atoms with Gasteiger partial charge in [0.2, 0.25) is 0 Å². The van der Waals surface area contributed by atoms with Crippen molar-refractivity contribution in [2.75, 3.05) is 7.11 Å². The molecular weight excluding hydrogens is 186 g/mol. The lowest BCUT2D eigenvalue weighted by molar-refractivity contribution is -0.143. The van der Waals surface area contributed by atoms with Crippen molar-refractivity contribution in [3.63, 3.8) is 0 Å². The number of halogens is 1. The van der Waals surface area contributed by atoms with Gasteiger partial charge in [-0.3, -0.25) is 4.79 Å². The first-order valence-corrected chi connectivity index (χ1v) is 3.92. The number of ether oxygens (including phenoxy) is 1. The minimum Gasteiger partial charge on any atom is -0.468 e. The first-order valence-electron chi connectivity index (χ1n) is 3.10. The molecule has 0 bridgehead atoms. The van der Waals surface area contributed by atoms with E-state index in [0.717, 1.165) is 0 Å². The van der Waals surface area contributed by atoms with E-state index < -0.39 is 16.8 Å². The Morgan fingerprint density at radius 2 is 2.18 bits per heavy atom. The van der Waals surface area contributed by atoms with Crippen LogP contribution < -0.4 is 4.84 Å². The van der Waals surface area contributed by atoms with E-state index >= 15 is 0 Å². The van der Waals surface area contributed by atoms with Gasteiger partial charge in [-0.25, -0.2) is 4.84 Å². The van der Waals surface area contributed by atoms with Gasteiger partial charge in [0.1, 0.15) is 6.04 Å². The van der Waals surface area contributed by atoms with Crippen LogP contribution in [0.1, 0.15) is 13.8 Å². The van der Waals surface area contributed by atoms with Gasteiger partial charge in [0, 0.05) is 4.75 Å². The zero-order valence-corrected chi connectivity index (χ0v) is 8.37. The van der Waals surface area contributed by atoms with Crippen LogP contribution in [0.15, 0.2) is 0 Å². The van der Waals surface area contributed by atoms with E-state index in [2.05, 4.69) is 22.2 Å². The van der Waals surface area contributed by atoms with Crippen LogP contribution in [0.2, 0.25) is 0 Å². The molecule has 0 rings (SSSR count). The molecule has 5 heteroatoms. The van der Waals surface area contributed by atoms with Crippen LogP contribution >= 0.6 is 24.4 Å². The number of nitrogens with one attached hydrogen (secondary N) is 1. The third kappa shape index (κ3) is 3.31. The zero-order valence-electron chi connectivity index (χ0n) is 6.72. The molecule has 0 saturated carbocycles. The molecule has 0 saturated heterocycles. The zero-order chi connectivity index (χ0) is 9.07. The third-order valence-corrected chi connectivity index (χ3v) is 1.73. The molecule has 3 nitrogen and oxygen atoms in total. The summed E-state index contributed by atoms with van der Waals surface area (Å²) in [6.07, 6.45) is 0. The number of carbonyl (C=O) groups excluding carboxylic acids is 1. The molecule has 1 atom stereocenters. The fourth-order valence-corrected chi connectivity index (χ4v) is 1.19. The second-order valence-electron chi connectivity index (χ2n) is 2.72. The van der Waals surface area contributed by atoms with Crippen LogP contribution in [0.3, 0.4) is 0 Å². The molecule has 0 fully saturated rings. The van der Waals surface area contributed by atoms with Gasteiger partial charge in [-0.15, -0.1) is 0 Å². The average Bonchev–Trinajstić information content (AvgIpc) is 1.86. The minimum absolute atomic E-state index is 0.417. The van der Waals surface area contributed by atoms with Crippen molar-refractivity contribution < 1.29 is 9.53 Å². The SMILES string of the molecule is COC(=O)C(NCl)C(C)(C)S. The Kier molecular flexibility index (Phi) is 4.21. The summed E-state index contributed by atoms with van der Waals surface area (Å²) in [5.74, 6) is -0.417. The summed E-state index contributed by atoms with van der Waals surface area (Å²) in [5, 5.41) is 0.